The number of rotatable bonds is 8. The summed E-state index contributed by atoms with van der Waals surface area (Å²) in [6.07, 6.45) is 1.50. The van der Waals surface area contributed by atoms with E-state index in [1.165, 1.54) is 13.0 Å². The number of nitrogens with one attached hydrogen (secondary N) is 2. The van der Waals surface area contributed by atoms with Gasteiger partial charge in [-0.15, -0.1) is 6.58 Å². The molecule has 0 aliphatic carbocycles. The van der Waals surface area contributed by atoms with E-state index < -0.39 is 11.8 Å². The third kappa shape index (κ3) is 4.25. The van der Waals surface area contributed by atoms with Crippen LogP contribution < -0.4 is 15.4 Å². The Labute approximate surface area is 175 Å². The minimum absolute atomic E-state index is 0.101. The van der Waals surface area contributed by atoms with Crippen molar-refractivity contribution in [2.75, 3.05) is 23.8 Å². The molecule has 3 amide bonds. The van der Waals surface area contributed by atoms with E-state index in [0.29, 0.717) is 29.3 Å². The number of carbonyl (C=O) groups is 3. The molecule has 0 fully saturated rings. The first-order valence-corrected chi connectivity index (χ1v) is 9.54. The summed E-state index contributed by atoms with van der Waals surface area (Å²) in [5, 5.41) is 5.78. The first-order chi connectivity index (χ1) is 14.5. The van der Waals surface area contributed by atoms with Gasteiger partial charge in [0.15, 0.2) is 0 Å². The molecular weight excluding hydrogens is 382 g/mol. The topological polar surface area (TPSA) is 87.7 Å². The highest BCUT2D eigenvalue weighted by atomic mass is 16.5. The quantitative estimate of drug-likeness (QED) is 0.519. The van der Waals surface area contributed by atoms with Crippen LogP contribution in [0.1, 0.15) is 19.4 Å². The van der Waals surface area contributed by atoms with E-state index in [1.807, 2.05) is 19.1 Å². The van der Waals surface area contributed by atoms with Gasteiger partial charge in [-0.25, -0.2) is 0 Å². The Balaban J connectivity index is 2.05. The summed E-state index contributed by atoms with van der Waals surface area (Å²) in [5.74, 6) is -0.466. The van der Waals surface area contributed by atoms with E-state index in [0.717, 1.165) is 4.90 Å². The van der Waals surface area contributed by atoms with Crippen LogP contribution >= 0.6 is 0 Å². The van der Waals surface area contributed by atoms with E-state index in [-0.39, 0.29) is 23.7 Å². The minimum Gasteiger partial charge on any atom is -0.492 e. The van der Waals surface area contributed by atoms with Gasteiger partial charge in [-0.05, 0) is 36.8 Å². The number of ether oxygens (including phenoxy) is 1. The van der Waals surface area contributed by atoms with E-state index in [2.05, 4.69) is 17.2 Å². The number of para-hydroxylation sites is 2. The van der Waals surface area contributed by atoms with Crippen LogP contribution in [0.5, 0.6) is 5.75 Å². The molecule has 0 atom stereocenters. The lowest BCUT2D eigenvalue weighted by Gasteiger charge is -2.14. The maximum atomic E-state index is 13.0. The molecule has 154 valence electrons. The van der Waals surface area contributed by atoms with Crippen molar-refractivity contribution in [3.05, 3.63) is 72.4 Å². The largest absolute Gasteiger partial charge is 0.492 e. The van der Waals surface area contributed by atoms with Crippen molar-refractivity contribution in [3.8, 4) is 5.75 Å². The second kappa shape index (κ2) is 9.09. The second-order valence-corrected chi connectivity index (χ2v) is 6.57. The number of hydrogen-bond acceptors (Lipinski definition) is 5. The molecule has 3 rings (SSSR count). The summed E-state index contributed by atoms with van der Waals surface area (Å²) in [4.78, 5) is 38.4. The average Bonchev–Trinajstić information content (AvgIpc) is 2.94. The Morgan fingerprint density at radius 2 is 1.80 bits per heavy atom. The zero-order valence-corrected chi connectivity index (χ0v) is 16.9. The van der Waals surface area contributed by atoms with Crippen LogP contribution in [0.15, 0.2) is 66.9 Å². The zero-order valence-electron chi connectivity index (χ0n) is 16.9. The van der Waals surface area contributed by atoms with Crippen LogP contribution in [0.3, 0.4) is 0 Å². The third-order valence-electron chi connectivity index (χ3n) is 4.42. The lowest BCUT2D eigenvalue weighted by Crippen LogP contribution is -2.32. The van der Waals surface area contributed by atoms with Gasteiger partial charge in [0.05, 0.1) is 17.9 Å². The summed E-state index contributed by atoms with van der Waals surface area (Å²) < 4.78 is 5.63. The zero-order chi connectivity index (χ0) is 21.7. The van der Waals surface area contributed by atoms with Gasteiger partial charge in [-0.2, -0.15) is 0 Å². The van der Waals surface area contributed by atoms with Crippen molar-refractivity contribution in [1.82, 2.24) is 4.90 Å². The maximum Gasteiger partial charge on any atom is 0.278 e. The van der Waals surface area contributed by atoms with Gasteiger partial charge < -0.3 is 15.4 Å². The maximum absolute atomic E-state index is 13.0. The van der Waals surface area contributed by atoms with Crippen molar-refractivity contribution in [3.63, 3.8) is 0 Å². The van der Waals surface area contributed by atoms with Gasteiger partial charge in [0.1, 0.15) is 11.4 Å². The highest BCUT2D eigenvalue weighted by molar-refractivity contribution is 6.36. The molecular formula is C23H23N3O4. The Bertz CT molecular complexity index is 1020. The summed E-state index contributed by atoms with van der Waals surface area (Å²) >= 11 is 0. The highest BCUT2D eigenvalue weighted by Crippen LogP contribution is 2.33. The first-order valence-electron chi connectivity index (χ1n) is 9.54. The summed E-state index contributed by atoms with van der Waals surface area (Å²) in [6, 6.07) is 14.0. The lowest BCUT2D eigenvalue weighted by molar-refractivity contribution is -0.136. The van der Waals surface area contributed by atoms with Crippen molar-refractivity contribution < 1.29 is 19.1 Å². The van der Waals surface area contributed by atoms with Gasteiger partial charge in [-0.1, -0.05) is 30.3 Å². The van der Waals surface area contributed by atoms with Crippen LogP contribution in [0.4, 0.5) is 11.4 Å². The minimum atomic E-state index is -0.438. The molecule has 1 aliphatic heterocycles. The molecule has 0 radical (unpaired) electrons. The third-order valence-corrected chi connectivity index (χ3v) is 4.42. The molecule has 30 heavy (non-hydrogen) atoms. The molecule has 0 saturated heterocycles. The van der Waals surface area contributed by atoms with E-state index in [9.17, 15) is 14.4 Å². The number of imide groups is 1. The number of hydrogen-bond donors (Lipinski definition) is 2. The van der Waals surface area contributed by atoms with Gasteiger partial charge >= 0.3 is 0 Å². The van der Waals surface area contributed by atoms with Gasteiger partial charge in [0, 0.05) is 19.2 Å². The van der Waals surface area contributed by atoms with Crippen molar-refractivity contribution in [1.29, 1.82) is 0 Å². The molecule has 1 heterocycles. The SMILES string of the molecule is C=CCN1C(=O)C(Nc2ccccc2OCC)=C(c2ccc(NC(C)=O)cc2)C1=O. The predicted molar refractivity (Wildman–Crippen MR) is 116 cm³/mol. The number of benzene rings is 2. The first kappa shape index (κ1) is 20.9. The summed E-state index contributed by atoms with van der Waals surface area (Å²) in [7, 11) is 0. The Hall–Kier alpha value is -3.87. The average molecular weight is 405 g/mol. The van der Waals surface area contributed by atoms with E-state index in [1.54, 1.807) is 36.4 Å². The van der Waals surface area contributed by atoms with Crippen LogP contribution in [-0.2, 0) is 14.4 Å². The summed E-state index contributed by atoms with van der Waals surface area (Å²) in [6.45, 7) is 7.48. The molecule has 0 bridgehead atoms. The number of carbonyl (C=O) groups excluding carboxylic acids is 3. The monoisotopic (exact) mass is 405 g/mol. The molecule has 2 N–H and O–H groups in total. The number of anilines is 2. The molecule has 0 unspecified atom stereocenters. The van der Waals surface area contributed by atoms with Crippen LogP contribution in [0, 0.1) is 0 Å². The number of amides is 3. The normalized spacial score (nSPS) is 13.5. The molecule has 0 spiro atoms. The van der Waals surface area contributed by atoms with Crippen LogP contribution in [-0.4, -0.2) is 35.8 Å². The van der Waals surface area contributed by atoms with Gasteiger partial charge in [-0.3, -0.25) is 19.3 Å². The van der Waals surface area contributed by atoms with Gasteiger partial charge in [0.25, 0.3) is 11.8 Å². The fraction of sp³-hybridized carbons (Fsp3) is 0.174. The fourth-order valence-electron chi connectivity index (χ4n) is 3.16. The molecule has 1 aliphatic rings. The Kier molecular flexibility index (Phi) is 6.32. The Morgan fingerprint density at radius 1 is 1.10 bits per heavy atom. The highest BCUT2D eigenvalue weighted by Gasteiger charge is 2.38. The van der Waals surface area contributed by atoms with Gasteiger partial charge in [0.2, 0.25) is 5.91 Å². The molecule has 2 aromatic carbocycles. The van der Waals surface area contributed by atoms with Crippen molar-refractivity contribution >= 4 is 34.7 Å². The molecule has 7 nitrogen and oxygen atoms in total. The molecule has 0 aromatic heterocycles. The van der Waals surface area contributed by atoms with Crippen LogP contribution in [0.25, 0.3) is 5.57 Å². The smallest absolute Gasteiger partial charge is 0.278 e. The molecule has 2 aromatic rings. The Morgan fingerprint density at radius 3 is 2.43 bits per heavy atom. The fourth-order valence-corrected chi connectivity index (χ4v) is 3.16. The lowest BCUT2D eigenvalue weighted by atomic mass is 10.0. The van der Waals surface area contributed by atoms with Crippen LogP contribution in [0.2, 0.25) is 0 Å². The molecule has 7 heteroatoms. The second-order valence-electron chi connectivity index (χ2n) is 6.57. The van der Waals surface area contributed by atoms with Crippen molar-refractivity contribution in [2.45, 2.75) is 13.8 Å². The summed E-state index contributed by atoms with van der Waals surface area (Å²) in [5.41, 5.74) is 2.17. The standard InChI is InChI=1S/C23H23N3O4/c1-4-14-26-22(28)20(16-10-12-17(13-11-16)24-15(3)27)21(23(26)29)25-18-8-6-7-9-19(18)30-5-2/h4,6-13,25H,1,5,14H2,2-3H3,(H,24,27). The number of nitrogens with zero attached hydrogens (tertiary/aromatic N) is 1. The van der Waals surface area contributed by atoms with Crippen molar-refractivity contribution in [2.24, 2.45) is 0 Å². The molecule has 0 saturated carbocycles. The van der Waals surface area contributed by atoms with E-state index in [4.69, 9.17) is 4.74 Å². The van der Waals surface area contributed by atoms with E-state index >= 15 is 0 Å². The predicted octanol–water partition coefficient (Wildman–Crippen LogP) is 3.42.